The molecule has 1 aromatic carbocycles. The van der Waals surface area contributed by atoms with Crippen molar-refractivity contribution in [1.82, 2.24) is 9.97 Å². The van der Waals surface area contributed by atoms with Gasteiger partial charge in [-0.05, 0) is 47.0 Å². The molecule has 0 unspecified atom stereocenters. The molecule has 0 amide bonds. The van der Waals surface area contributed by atoms with Gasteiger partial charge in [0.25, 0.3) is 0 Å². The molecule has 0 bridgehead atoms. The SMILES string of the molecule is Clc1ccc(-c2cc(C3CC3)nc(Br)n2)cc1. The summed E-state index contributed by atoms with van der Waals surface area (Å²) in [6.07, 6.45) is 2.48. The minimum Gasteiger partial charge on any atom is -0.227 e. The molecule has 1 aliphatic carbocycles. The van der Waals surface area contributed by atoms with Gasteiger partial charge in [-0.25, -0.2) is 9.97 Å². The Labute approximate surface area is 113 Å². The molecule has 0 saturated heterocycles. The Kier molecular flexibility index (Phi) is 2.89. The van der Waals surface area contributed by atoms with Crippen LogP contribution in [0.15, 0.2) is 35.1 Å². The number of aromatic nitrogens is 2. The van der Waals surface area contributed by atoms with E-state index in [1.165, 1.54) is 12.8 Å². The number of halogens is 2. The van der Waals surface area contributed by atoms with Gasteiger partial charge in [0.15, 0.2) is 4.73 Å². The number of hydrogen-bond donors (Lipinski definition) is 0. The maximum absolute atomic E-state index is 5.88. The van der Waals surface area contributed by atoms with Crippen LogP contribution in [-0.2, 0) is 0 Å². The van der Waals surface area contributed by atoms with Gasteiger partial charge in [0, 0.05) is 22.2 Å². The molecule has 1 aliphatic rings. The van der Waals surface area contributed by atoms with Crippen molar-refractivity contribution in [2.45, 2.75) is 18.8 Å². The Morgan fingerprint density at radius 2 is 1.82 bits per heavy atom. The lowest BCUT2D eigenvalue weighted by Crippen LogP contribution is -1.93. The van der Waals surface area contributed by atoms with Gasteiger partial charge in [0.05, 0.1) is 5.69 Å². The Hall–Kier alpha value is -0.930. The maximum Gasteiger partial charge on any atom is 0.197 e. The van der Waals surface area contributed by atoms with Crippen LogP contribution in [0.5, 0.6) is 0 Å². The third kappa shape index (κ3) is 2.50. The minimum absolute atomic E-state index is 0.625. The van der Waals surface area contributed by atoms with Gasteiger partial charge in [-0.3, -0.25) is 0 Å². The molecule has 1 saturated carbocycles. The van der Waals surface area contributed by atoms with Crippen LogP contribution in [0, 0.1) is 0 Å². The second kappa shape index (κ2) is 4.39. The largest absolute Gasteiger partial charge is 0.227 e. The fourth-order valence-electron chi connectivity index (χ4n) is 1.79. The summed E-state index contributed by atoms with van der Waals surface area (Å²) in [4.78, 5) is 8.82. The minimum atomic E-state index is 0.625. The first-order chi connectivity index (χ1) is 8.22. The first-order valence-electron chi connectivity index (χ1n) is 5.53. The van der Waals surface area contributed by atoms with E-state index in [0.29, 0.717) is 10.7 Å². The first-order valence-corrected chi connectivity index (χ1v) is 6.70. The molecule has 2 aromatic rings. The molecule has 1 fully saturated rings. The van der Waals surface area contributed by atoms with Crippen molar-refractivity contribution in [1.29, 1.82) is 0 Å². The van der Waals surface area contributed by atoms with Crippen molar-refractivity contribution in [2.24, 2.45) is 0 Å². The van der Waals surface area contributed by atoms with E-state index in [9.17, 15) is 0 Å². The van der Waals surface area contributed by atoms with Crippen molar-refractivity contribution >= 4 is 27.5 Å². The zero-order valence-electron chi connectivity index (χ0n) is 9.03. The van der Waals surface area contributed by atoms with Crippen LogP contribution < -0.4 is 0 Å². The molecule has 86 valence electrons. The van der Waals surface area contributed by atoms with Crippen molar-refractivity contribution in [3.05, 3.63) is 45.8 Å². The number of rotatable bonds is 2. The highest BCUT2D eigenvalue weighted by Crippen LogP contribution is 2.40. The topological polar surface area (TPSA) is 25.8 Å². The van der Waals surface area contributed by atoms with E-state index < -0.39 is 0 Å². The maximum atomic E-state index is 5.88. The van der Waals surface area contributed by atoms with Gasteiger partial charge >= 0.3 is 0 Å². The third-order valence-corrected chi connectivity index (χ3v) is 3.46. The number of nitrogens with zero attached hydrogens (tertiary/aromatic N) is 2. The third-order valence-electron chi connectivity index (χ3n) is 2.85. The zero-order chi connectivity index (χ0) is 11.8. The summed E-state index contributed by atoms with van der Waals surface area (Å²) in [6.45, 7) is 0. The molecule has 2 nitrogen and oxygen atoms in total. The van der Waals surface area contributed by atoms with Crippen molar-refractivity contribution < 1.29 is 0 Å². The summed E-state index contributed by atoms with van der Waals surface area (Å²) in [5.74, 6) is 0.625. The molecule has 0 spiro atoms. The summed E-state index contributed by atoms with van der Waals surface area (Å²) in [5.41, 5.74) is 3.15. The van der Waals surface area contributed by atoms with Crippen molar-refractivity contribution in [3.8, 4) is 11.3 Å². The lowest BCUT2D eigenvalue weighted by molar-refractivity contribution is 0.966. The van der Waals surface area contributed by atoms with E-state index in [-0.39, 0.29) is 0 Å². The lowest BCUT2D eigenvalue weighted by atomic mass is 10.1. The van der Waals surface area contributed by atoms with Crippen LogP contribution in [0.2, 0.25) is 5.02 Å². The fraction of sp³-hybridized carbons (Fsp3) is 0.231. The zero-order valence-corrected chi connectivity index (χ0v) is 11.4. The Balaban J connectivity index is 2.04. The van der Waals surface area contributed by atoms with Gasteiger partial charge in [0.2, 0.25) is 0 Å². The Morgan fingerprint density at radius 1 is 1.12 bits per heavy atom. The van der Waals surface area contributed by atoms with Crippen LogP contribution >= 0.6 is 27.5 Å². The van der Waals surface area contributed by atoms with Gasteiger partial charge in [-0.2, -0.15) is 0 Å². The van der Waals surface area contributed by atoms with E-state index in [2.05, 4.69) is 32.0 Å². The predicted molar refractivity (Wildman–Crippen MR) is 72.2 cm³/mol. The molecule has 17 heavy (non-hydrogen) atoms. The highest BCUT2D eigenvalue weighted by atomic mass is 79.9. The Bertz CT molecular complexity index is 550. The molecule has 0 aliphatic heterocycles. The van der Waals surface area contributed by atoms with Crippen LogP contribution in [0.25, 0.3) is 11.3 Å². The molecule has 0 N–H and O–H groups in total. The summed E-state index contributed by atoms with van der Waals surface area (Å²) in [5, 5.41) is 0.740. The van der Waals surface area contributed by atoms with Gasteiger partial charge < -0.3 is 0 Å². The molecule has 0 radical (unpaired) electrons. The second-order valence-electron chi connectivity index (χ2n) is 4.23. The van der Waals surface area contributed by atoms with Gasteiger partial charge in [-0.15, -0.1) is 0 Å². The summed E-state index contributed by atoms with van der Waals surface area (Å²) in [6, 6.07) is 9.79. The van der Waals surface area contributed by atoms with Gasteiger partial charge in [-0.1, -0.05) is 23.7 Å². The molecule has 1 aromatic heterocycles. The van der Waals surface area contributed by atoms with Crippen molar-refractivity contribution in [2.75, 3.05) is 0 Å². The smallest absolute Gasteiger partial charge is 0.197 e. The summed E-state index contributed by atoms with van der Waals surface area (Å²) < 4.78 is 0.659. The highest BCUT2D eigenvalue weighted by Gasteiger charge is 2.26. The molecule has 3 rings (SSSR count). The molecular formula is C13H10BrClN2. The number of hydrogen-bond acceptors (Lipinski definition) is 2. The monoisotopic (exact) mass is 308 g/mol. The average molecular weight is 310 g/mol. The predicted octanol–water partition coefficient (Wildman–Crippen LogP) is 4.44. The average Bonchev–Trinajstić information content (AvgIpc) is 3.13. The Morgan fingerprint density at radius 3 is 2.47 bits per heavy atom. The molecule has 1 heterocycles. The lowest BCUT2D eigenvalue weighted by Gasteiger charge is -2.04. The van der Waals surface area contributed by atoms with E-state index in [1.807, 2.05) is 24.3 Å². The van der Waals surface area contributed by atoms with Crippen LogP contribution in [0.3, 0.4) is 0 Å². The van der Waals surface area contributed by atoms with Gasteiger partial charge in [0.1, 0.15) is 0 Å². The first kappa shape index (κ1) is 11.2. The quantitative estimate of drug-likeness (QED) is 0.767. The van der Waals surface area contributed by atoms with E-state index >= 15 is 0 Å². The van der Waals surface area contributed by atoms with E-state index in [4.69, 9.17) is 11.6 Å². The summed E-state index contributed by atoms with van der Waals surface area (Å²) in [7, 11) is 0. The number of benzene rings is 1. The molecule has 4 heteroatoms. The van der Waals surface area contributed by atoms with Crippen LogP contribution in [0.1, 0.15) is 24.5 Å². The van der Waals surface area contributed by atoms with Crippen LogP contribution in [0.4, 0.5) is 0 Å². The molecular weight excluding hydrogens is 300 g/mol. The van der Waals surface area contributed by atoms with Crippen LogP contribution in [-0.4, -0.2) is 9.97 Å². The van der Waals surface area contributed by atoms with Crippen molar-refractivity contribution in [3.63, 3.8) is 0 Å². The normalized spacial score (nSPS) is 14.9. The van der Waals surface area contributed by atoms with E-state index in [1.54, 1.807) is 0 Å². The second-order valence-corrected chi connectivity index (χ2v) is 5.37. The fourth-order valence-corrected chi connectivity index (χ4v) is 2.31. The highest BCUT2D eigenvalue weighted by molar-refractivity contribution is 9.10. The van der Waals surface area contributed by atoms with E-state index in [0.717, 1.165) is 22.0 Å². The molecule has 0 atom stereocenters. The summed E-state index contributed by atoms with van der Waals surface area (Å²) >= 11 is 9.25. The standard InChI is InChI=1S/C13H10BrClN2/c14-13-16-11(8-1-2-8)7-12(17-13)9-3-5-10(15)6-4-9/h3-8H,1-2H2.